The molecule has 0 aromatic heterocycles. The Bertz CT molecular complexity index is 1170. The third-order valence-electron chi connectivity index (χ3n) is 7.52. The van der Waals surface area contributed by atoms with Gasteiger partial charge in [0.15, 0.2) is 5.60 Å². The molecule has 0 saturated carbocycles. The zero-order chi connectivity index (χ0) is 30.3. The molecule has 0 fully saturated rings. The molecule has 0 bridgehead atoms. The Hall–Kier alpha value is -3.35. The van der Waals surface area contributed by atoms with Crippen LogP contribution < -0.4 is 0 Å². The molecule has 1 atom stereocenters. The van der Waals surface area contributed by atoms with Gasteiger partial charge in [0, 0.05) is 12.0 Å². The number of carbonyl (C=O) groups excluding carboxylic acids is 1. The molecule has 0 saturated heterocycles. The molecule has 6 heteroatoms. The number of hydrogen-bond acceptors (Lipinski definition) is 6. The zero-order valence-corrected chi connectivity index (χ0v) is 25.5. The lowest BCUT2D eigenvalue weighted by atomic mass is 9.77. The number of ether oxygens (including phenoxy) is 3. The fraction of sp³-hybridized carbons (Fsp3) is 0.472. The summed E-state index contributed by atoms with van der Waals surface area (Å²) in [5.74, 6) is -1.67. The van der Waals surface area contributed by atoms with Gasteiger partial charge in [0.1, 0.15) is 11.5 Å². The molecule has 3 aromatic rings. The van der Waals surface area contributed by atoms with E-state index < -0.39 is 17.4 Å². The summed E-state index contributed by atoms with van der Waals surface area (Å²) in [6.07, 6.45) is 8.75. The fourth-order valence-electron chi connectivity index (χ4n) is 5.38. The van der Waals surface area contributed by atoms with Crippen molar-refractivity contribution in [3.8, 4) is 11.5 Å². The van der Waals surface area contributed by atoms with Gasteiger partial charge in [-0.05, 0) is 67.6 Å². The summed E-state index contributed by atoms with van der Waals surface area (Å²) in [5, 5.41) is 19.9. The van der Waals surface area contributed by atoms with Crippen molar-refractivity contribution in [1.82, 2.24) is 0 Å². The number of unbranched alkanes of at least 4 members (excludes halogenated alkanes) is 5. The first-order valence-electron chi connectivity index (χ1n) is 15.5. The lowest BCUT2D eigenvalue weighted by molar-refractivity contribution is -0.333. The Balaban J connectivity index is 2.22. The topological polar surface area (TPSA) is 85.2 Å². The number of hydrogen-bond donors (Lipinski definition) is 2. The van der Waals surface area contributed by atoms with Gasteiger partial charge in [-0.2, -0.15) is 0 Å². The largest absolute Gasteiger partial charge is 0.508 e. The Morgan fingerprint density at radius 1 is 0.667 bits per heavy atom. The van der Waals surface area contributed by atoms with Crippen molar-refractivity contribution >= 4 is 5.97 Å². The highest BCUT2D eigenvalue weighted by Gasteiger charge is 2.58. The first kappa shape index (κ1) is 33.2. The van der Waals surface area contributed by atoms with Crippen LogP contribution in [-0.2, 0) is 26.4 Å². The van der Waals surface area contributed by atoms with Crippen molar-refractivity contribution in [1.29, 1.82) is 0 Å². The van der Waals surface area contributed by atoms with Crippen LogP contribution in [0.25, 0.3) is 0 Å². The molecule has 228 valence electrons. The molecular formula is C36H48O6. The van der Waals surface area contributed by atoms with E-state index in [1.54, 1.807) is 24.3 Å². The number of carbonyl (C=O) groups is 1. The first-order valence-corrected chi connectivity index (χ1v) is 15.5. The minimum Gasteiger partial charge on any atom is -0.508 e. The van der Waals surface area contributed by atoms with E-state index in [2.05, 4.69) is 6.92 Å². The second-order valence-corrected chi connectivity index (χ2v) is 11.0. The number of benzene rings is 3. The maximum absolute atomic E-state index is 14.0. The molecule has 0 aliphatic heterocycles. The highest BCUT2D eigenvalue weighted by molar-refractivity contribution is 5.90. The van der Waals surface area contributed by atoms with Gasteiger partial charge in [-0.15, -0.1) is 0 Å². The van der Waals surface area contributed by atoms with Crippen LogP contribution in [-0.4, -0.2) is 35.0 Å². The quantitative estimate of drug-likeness (QED) is 0.0843. The van der Waals surface area contributed by atoms with Gasteiger partial charge in [-0.1, -0.05) is 95.3 Å². The average molecular weight is 577 g/mol. The lowest BCUT2D eigenvalue weighted by Crippen LogP contribution is -2.59. The summed E-state index contributed by atoms with van der Waals surface area (Å²) in [6, 6.07) is 22.9. The van der Waals surface area contributed by atoms with Crippen LogP contribution in [0, 0.1) is 0 Å². The van der Waals surface area contributed by atoms with Crippen molar-refractivity contribution in [2.75, 3.05) is 13.2 Å². The van der Waals surface area contributed by atoms with Crippen LogP contribution in [0.15, 0.2) is 78.9 Å². The normalized spacial score (nSPS) is 13.0. The van der Waals surface area contributed by atoms with E-state index in [0.29, 0.717) is 31.6 Å². The third kappa shape index (κ3) is 8.83. The number of aromatic hydroxyl groups is 2. The van der Waals surface area contributed by atoms with E-state index in [1.807, 2.05) is 56.3 Å². The molecule has 42 heavy (non-hydrogen) atoms. The molecule has 0 radical (unpaired) electrons. The van der Waals surface area contributed by atoms with E-state index in [-0.39, 0.29) is 11.5 Å². The van der Waals surface area contributed by atoms with E-state index in [9.17, 15) is 15.0 Å². The van der Waals surface area contributed by atoms with Gasteiger partial charge in [0.05, 0.1) is 18.8 Å². The zero-order valence-electron chi connectivity index (χ0n) is 25.5. The van der Waals surface area contributed by atoms with Crippen LogP contribution >= 0.6 is 0 Å². The van der Waals surface area contributed by atoms with Crippen LogP contribution in [0.5, 0.6) is 11.5 Å². The summed E-state index contributed by atoms with van der Waals surface area (Å²) in [4.78, 5) is 14.0. The fourth-order valence-corrected chi connectivity index (χ4v) is 5.38. The molecule has 0 aliphatic carbocycles. The summed E-state index contributed by atoms with van der Waals surface area (Å²) < 4.78 is 20.3. The predicted molar refractivity (Wildman–Crippen MR) is 167 cm³/mol. The molecule has 2 N–H and O–H groups in total. The molecule has 0 spiro atoms. The van der Waals surface area contributed by atoms with E-state index in [0.717, 1.165) is 49.7 Å². The number of phenols is 2. The molecule has 0 aliphatic rings. The van der Waals surface area contributed by atoms with Gasteiger partial charge >= 0.3 is 5.97 Å². The SMILES string of the molecule is CCCCCCCCC(Cc1ccc(O)cc1)(OC(=O)c1ccc(O)cc1)C(OCCC)(OCCC)c1ccccc1. The van der Waals surface area contributed by atoms with Crippen LogP contribution in [0.2, 0.25) is 0 Å². The third-order valence-corrected chi connectivity index (χ3v) is 7.52. The summed E-state index contributed by atoms with van der Waals surface area (Å²) >= 11 is 0. The average Bonchev–Trinajstić information content (AvgIpc) is 3.01. The number of rotatable bonds is 19. The molecule has 3 rings (SSSR count). The Kier molecular flexibility index (Phi) is 13.4. The van der Waals surface area contributed by atoms with Gasteiger partial charge in [-0.3, -0.25) is 0 Å². The summed E-state index contributed by atoms with van der Waals surface area (Å²) in [5.41, 5.74) is 0.752. The minimum atomic E-state index is -1.39. The van der Waals surface area contributed by atoms with E-state index >= 15 is 0 Å². The van der Waals surface area contributed by atoms with E-state index in [4.69, 9.17) is 14.2 Å². The van der Waals surface area contributed by atoms with Crippen molar-refractivity contribution < 1.29 is 29.2 Å². The molecule has 0 amide bonds. The highest BCUT2D eigenvalue weighted by atomic mass is 16.7. The maximum atomic E-state index is 14.0. The maximum Gasteiger partial charge on any atom is 0.338 e. The Labute approximate surface area is 251 Å². The molecule has 1 unspecified atom stereocenters. The van der Waals surface area contributed by atoms with Crippen molar-refractivity contribution in [2.24, 2.45) is 0 Å². The van der Waals surface area contributed by atoms with Crippen LogP contribution in [0.1, 0.15) is 100 Å². The number of esters is 1. The summed E-state index contributed by atoms with van der Waals surface area (Å²) in [7, 11) is 0. The standard InChI is InChI=1S/C36H48O6/c1-4-7-8-9-10-14-25-35(28-29-17-21-32(37)22-18-29,42-34(39)30-19-23-33(38)24-20-30)36(40-26-5-2,41-27-6-3)31-15-12-11-13-16-31/h11-13,15-24,37-38H,4-10,14,25-28H2,1-3H3. The van der Waals surface area contributed by atoms with Gasteiger partial charge in [-0.25, -0.2) is 4.79 Å². The minimum absolute atomic E-state index is 0.0742. The predicted octanol–water partition coefficient (Wildman–Crippen LogP) is 8.69. The summed E-state index contributed by atoms with van der Waals surface area (Å²) in [6.45, 7) is 7.11. The van der Waals surface area contributed by atoms with E-state index in [1.165, 1.54) is 25.0 Å². The van der Waals surface area contributed by atoms with Gasteiger partial charge in [0.2, 0.25) is 5.79 Å². The first-order chi connectivity index (χ1) is 20.4. The molecule has 6 nitrogen and oxygen atoms in total. The van der Waals surface area contributed by atoms with Crippen molar-refractivity contribution in [3.05, 3.63) is 95.6 Å². The lowest BCUT2D eigenvalue weighted by Gasteiger charge is -2.49. The second kappa shape index (κ2) is 16.9. The van der Waals surface area contributed by atoms with Crippen LogP contribution in [0.3, 0.4) is 0 Å². The van der Waals surface area contributed by atoms with Crippen molar-refractivity contribution in [2.45, 2.75) is 96.4 Å². The molecular weight excluding hydrogens is 528 g/mol. The number of phenolic OH excluding ortho intramolecular Hbond substituents is 2. The highest BCUT2D eigenvalue weighted by Crippen LogP contribution is 2.47. The molecule has 3 aromatic carbocycles. The smallest absolute Gasteiger partial charge is 0.338 e. The van der Waals surface area contributed by atoms with Gasteiger partial charge in [0.25, 0.3) is 0 Å². The van der Waals surface area contributed by atoms with Crippen molar-refractivity contribution in [3.63, 3.8) is 0 Å². The molecule has 0 heterocycles. The Morgan fingerprint density at radius 2 is 1.21 bits per heavy atom. The monoisotopic (exact) mass is 576 g/mol. The van der Waals surface area contributed by atoms with Gasteiger partial charge < -0.3 is 24.4 Å². The Morgan fingerprint density at radius 3 is 1.79 bits per heavy atom. The second-order valence-electron chi connectivity index (χ2n) is 11.0. The van der Waals surface area contributed by atoms with Crippen LogP contribution in [0.4, 0.5) is 0 Å².